The summed E-state index contributed by atoms with van der Waals surface area (Å²) < 4.78 is 2.46. The minimum atomic E-state index is 1.10. The molecule has 0 aliphatic heterocycles. The number of hydrogen-bond acceptors (Lipinski definition) is 1. The molecule has 0 saturated carbocycles. The first-order valence-electron chi connectivity index (χ1n) is 19.3. The highest BCUT2D eigenvalue weighted by molar-refractivity contribution is 6.25. The van der Waals surface area contributed by atoms with Gasteiger partial charge in [-0.25, -0.2) is 0 Å². The Kier molecular flexibility index (Phi) is 7.53. The second-order valence-corrected chi connectivity index (χ2v) is 14.5. The van der Waals surface area contributed by atoms with Crippen LogP contribution in [0.2, 0.25) is 0 Å². The topological polar surface area (TPSA) is 8.17 Å². The number of hydrogen-bond donors (Lipinski definition) is 0. The third kappa shape index (κ3) is 5.19. The Labute approximate surface area is 325 Å². The molecule has 0 unspecified atom stereocenters. The number of benzene rings is 10. The molecule has 0 atom stereocenters. The lowest BCUT2D eigenvalue weighted by atomic mass is 9.93. The van der Waals surface area contributed by atoms with Crippen LogP contribution in [0.4, 0.5) is 17.1 Å². The van der Waals surface area contributed by atoms with Crippen LogP contribution >= 0.6 is 0 Å². The second kappa shape index (κ2) is 13.2. The highest BCUT2D eigenvalue weighted by Gasteiger charge is 2.24. The molecule has 56 heavy (non-hydrogen) atoms. The fourth-order valence-corrected chi connectivity index (χ4v) is 8.78. The summed E-state index contributed by atoms with van der Waals surface area (Å²) >= 11 is 0. The molecule has 0 bridgehead atoms. The molecule has 262 valence electrons. The molecule has 1 heterocycles. The molecule has 1 aromatic heterocycles. The van der Waals surface area contributed by atoms with Crippen LogP contribution in [0, 0.1) is 0 Å². The van der Waals surface area contributed by atoms with Gasteiger partial charge in [-0.05, 0) is 110 Å². The Balaban J connectivity index is 1.20. The van der Waals surface area contributed by atoms with Crippen molar-refractivity contribution in [3.8, 4) is 27.9 Å². The standard InChI is InChI=1S/C54H36N2/c1-4-16-37(17-5-1)39-30-33-51-50(34-39)53-52(36-41-19-11-13-25-46(41)54(53)56(51)43-22-8-3-9-23-43)55(42-20-6-2-7-21-42)44-31-28-38(29-32-44)49-35-40-18-10-12-24-45(40)47-26-14-15-27-48(47)49/h1-36H. The summed E-state index contributed by atoms with van der Waals surface area (Å²) in [6.07, 6.45) is 0. The third-order valence-corrected chi connectivity index (χ3v) is 11.3. The van der Waals surface area contributed by atoms with Crippen LogP contribution in [0.3, 0.4) is 0 Å². The van der Waals surface area contributed by atoms with Crippen molar-refractivity contribution < 1.29 is 0 Å². The van der Waals surface area contributed by atoms with Crippen LogP contribution in [-0.4, -0.2) is 4.57 Å². The number of para-hydroxylation sites is 2. The van der Waals surface area contributed by atoms with Gasteiger partial charge in [-0.2, -0.15) is 0 Å². The van der Waals surface area contributed by atoms with Crippen molar-refractivity contribution in [3.63, 3.8) is 0 Å². The van der Waals surface area contributed by atoms with E-state index in [0.29, 0.717) is 0 Å². The Hall–Kier alpha value is -7.42. The summed E-state index contributed by atoms with van der Waals surface area (Å²) in [7, 11) is 0. The number of aromatic nitrogens is 1. The van der Waals surface area contributed by atoms with Crippen LogP contribution in [0.25, 0.3) is 82.1 Å². The Morgan fingerprint density at radius 3 is 1.62 bits per heavy atom. The summed E-state index contributed by atoms with van der Waals surface area (Å²) in [4.78, 5) is 2.45. The van der Waals surface area contributed by atoms with Gasteiger partial charge in [0.1, 0.15) is 0 Å². The third-order valence-electron chi connectivity index (χ3n) is 11.3. The zero-order valence-electron chi connectivity index (χ0n) is 30.7. The zero-order chi connectivity index (χ0) is 37.0. The normalized spacial score (nSPS) is 11.6. The van der Waals surface area contributed by atoms with Gasteiger partial charge in [0, 0.05) is 33.2 Å². The largest absolute Gasteiger partial charge is 0.310 e. The van der Waals surface area contributed by atoms with E-state index in [9.17, 15) is 0 Å². The number of anilines is 3. The lowest BCUT2D eigenvalue weighted by molar-refractivity contribution is 1.19. The quantitative estimate of drug-likeness (QED) is 0.156. The van der Waals surface area contributed by atoms with E-state index in [-0.39, 0.29) is 0 Å². The molecule has 0 fully saturated rings. The molecule has 10 aromatic carbocycles. The van der Waals surface area contributed by atoms with E-state index in [0.717, 1.165) is 22.7 Å². The van der Waals surface area contributed by atoms with Crippen molar-refractivity contribution in [2.24, 2.45) is 0 Å². The number of nitrogens with zero attached hydrogens (tertiary/aromatic N) is 2. The summed E-state index contributed by atoms with van der Waals surface area (Å²) in [5.74, 6) is 0. The molecule has 0 spiro atoms. The maximum absolute atomic E-state index is 2.46. The molecule has 0 N–H and O–H groups in total. The van der Waals surface area contributed by atoms with Crippen LogP contribution in [0.15, 0.2) is 218 Å². The molecule has 0 amide bonds. The average Bonchev–Trinajstić information content (AvgIpc) is 3.62. The fraction of sp³-hybridized carbons (Fsp3) is 0. The van der Waals surface area contributed by atoms with Gasteiger partial charge in [0.15, 0.2) is 0 Å². The van der Waals surface area contributed by atoms with E-state index >= 15 is 0 Å². The van der Waals surface area contributed by atoms with Gasteiger partial charge >= 0.3 is 0 Å². The fourth-order valence-electron chi connectivity index (χ4n) is 8.78. The van der Waals surface area contributed by atoms with E-state index in [2.05, 4.69) is 228 Å². The molecular weight excluding hydrogens is 677 g/mol. The van der Waals surface area contributed by atoms with Gasteiger partial charge in [-0.3, -0.25) is 0 Å². The predicted molar refractivity (Wildman–Crippen MR) is 239 cm³/mol. The van der Waals surface area contributed by atoms with Crippen molar-refractivity contribution in [2.45, 2.75) is 0 Å². The van der Waals surface area contributed by atoms with Crippen LogP contribution < -0.4 is 4.90 Å². The lowest BCUT2D eigenvalue weighted by Crippen LogP contribution is -2.10. The SMILES string of the molecule is c1ccc(-c2ccc3c(c2)c2c(N(c4ccccc4)c4ccc(-c5cc6ccccc6c6ccccc56)cc4)cc4ccccc4c2n3-c2ccccc2)cc1. The summed E-state index contributed by atoms with van der Waals surface area (Å²) in [6.45, 7) is 0. The molecule has 0 saturated heterocycles. The number of rotatable bonds is 6. The monoisotopic (exact) mass is 712 g/mol. The van der Waals surface area contributed by atoms with Crippen molar-refractivity contribution >= 4 is 71.2 Å². The maximum Gasteiger partial charge on any atom is 0.0640 e. The minimum absolute atomic E-state index is 1.10. The molecular formula is C54H36N2. The van der Waals surface area contributed by atoms with Crippen molar-refractivity contribution in [1.29, 1.82) is 0 Å². The van der Waals surface area contributed by atoms with Gasteiger partial charge in [0.25, 0.3) is 0 Å². The van der Waals surface area contributed by atoms with E-state index in [1.807, 2.05) is 0 Å². The van der Waals surface area contributed by atoms with Crippen LogP contribution in [-0.2, 0) is 0 Å². The summed E-state index contributed by atoms with van der Waals surface area (Å²) in [5.41, 5.74) is 11.7. The van der Waals surface area contributed by atoms with Crippen LogP contribution in [0.5, 0.6) is 0 Å². The zero-order valence-corrected chi connectivity index (χ0v) is 30.7. The van der Waals surface area contributed by atoms with E-state index in [1.54, 1.807) is 0 Å². The Bertz CT molecular complexity index is 3220. The second-order valence-electron chi connectivity index (χ2n) is 14.5. The molecule has 0 radical (unpaired) electrons. The highest BCUT2D eigenvalue weighted by atomic mass is 15.1. The summed E-state index contributed by atoms with van der Waals surface area (Å²) in [5, 5.41) is 9.91. The first-order valence-corrected chi connectivity index (χ1v) is 19.3. The Morgan fingerprint density at radius 2 is 0.893 bits per heavy atom. The van der Waals surface area contributed by atoms with Crippen molar-refractivity contribution in [1.82, 2.24) is 4.57 Å². The predicted octanol–water partition coefficient (Wildman–Crippen LogP) is 15.0. The van der Waals surface area contributed by atoms with Gasteiger partial charge in [-0.15, -0.1) is 0 Å². The van der Waals surface area contributed by atoms with E-state index in [4.69, 9.17) is 0 Å². The molecule has 2 nitrogen and oxygen atoms in total. The summed E-state index contributed by atoms with van der Waals surface area (Å²) in [6, 6.07) is 79.5. The first-order chi connectivity index (χ1) is 27.8. The smallest absolute Gasteiger partial charge is 0.0640 e. The lowest BCUT2D eigenvalue weighted by Gasteiger charge is -2.27. The molecule has 11 rings (SSSR count). The van der Waals surface area contributed by atoms with Gasteiger partial charge in [-0.1, -0.05) is 158 Å². The molecule has 11 aromatic rings. The molecule has 2 heteroatoms. The van der Waals surface area contributed by atoms with Crippen molar-refractivity contribution in [3.05, 3.63) is 218 Å². The maximum atomic E-state index is 2.46. The number of fused-ring (bicyclic) bond motifs is 8. The van der Waals surface area contributed by atoms with E-state index < -0.39 is 0 Å². The van der Waals surface area contributed by atoms with Gasteiger partial charge in [0.2, 0.25) is 0 Å². The Morgan fingerprint density at radius 1 is 0.339 bits per heavy atom. The minimum Gasteiger partial charge on any atom is -0.310 e. The average molecular weight is 713 g/mol. The van der Waals surface area contributed by atoms with E-state index in [1.165, 1.54) is 76.4 Å². The first kappa shape index (κ1) is 32.0. The van der Waals surface area contributed by atoms with Crippen LogP contribution in [0.1, 0.15) is 0 Å². The van der Waals surface area contributed by atoms with Gasteiger partial charge in [0.05, 0.1) is 16.7 Å². The van der Waals surface area contributed by atoms with Crippen molar-refractivity contribution in [2.75, 3.05) is 4.90 Å². The molecule has 0 aliphatic carbocycles. The van der Waals surface area contributed by atoms with Gasteiger partial charge < -0.3 is 9.47 Å². The highest BCUT2D eigenvalue weighted by Crippen LogP contribution is 2.48. The molecule has 0 aliphatic rings.